The number of nitrogens with two attached hydrogens (primary N) is 5. The predicted octanol–water partition coefficient (Wildman–Crippen LogP) is -6.53. The molecular formula is C31H58N12O10. The Morgan fingerprint density at radius 3 is 2.02 bits per heavy atom. The van der Waals surface area contributed by atoms with Crippen LogP contribution in [0.5, 0.6) is 0 Å². The first-order valence-corrected chi connectivity index (χ1v) is 18.0. The van der Waals surface area contributed by atoms with E-state index >= 15 is 0 Å². The number of β-amino-alcohol motifs (C(OH)–C–C–N with tert-alkyl or cyclic N) is 1. The quantitative estimate of drug-likeness (QED) is 0.0484. The summed E-state index contributed by atoms with van der Waals surface area (Å²) < 4.78 is 10.8. The Morgan fingerprint density at radius 1 is 0.925 bits per heavy atom. The van der Waals surface area contributed by atoms with Gasteiger partial charge in [-0.15, -0.1) is 0 Å². The van der Waals surface area contributed by atoms with Gasteiger partial charge in [0, 0.05) is 57.0 Å². The van der Waals surface area contributed by atoms with Gasteiger partial charge in [0.25, 0.3) is 0 Å². The molecule has 0 aliphatic carbocycles. The van der Waals surface area contributed by atoms with Crippen LogP contribution in [0.1, 0.15) is 57.8 Å². The van der Waals surface area contributed by atoms with Crippen molar-refractivity contribution >= 4 is 35.7 Å². The van der Waals surface area contributed by atoms with Crippen molar-refractivity contribution in [3.05, 3.63) is 0 Å². The van der Waals surface area contributed by atoms with Crippen molar-refractivity contribution in [2.45, 2.75) is 125 Å². The minimum absolute atomic E-state index is 0.0174. The Kier molecular flexibility index (Phi) is 17.8. The van der Waals surface area contributed by atoms with Gasteiger partial charge in [-0.05, 0) is 45.1 Å². The lowest BCUT2D eigenvalue weighted by molar-refractivity contribution is -0.198. The molecule has 2 saturated heterocycles. The molecule has 22 nitrogen and oxygen atoms in total. The van der Waals surface area contributed by atoms with E-state index in [1.807, 2.05) is 0 Å². The number of nitrogens with one attached hydrogen (secondary N) is 6. The summed E-state index contributed by atoms with van der Waals surface area (Å²) in [5.74, 6) is -1.36. The van der Waals surface area contributed by atoms with Crippen LogP contribution in [0.2, 0.25) is 0 Å². The first-order chi connectivity index (χ1) is 25.2. The van der Waals surface area contributed by atoms with E-state index in [1.54, 1.807) is 0 Å². The van der Waals surface area contributed by atoms with E-state index in [4.69, 9.17) is 38.1 Å². The summed E-state index contributed by atoms with van der Waals surface area (Å²) in [5.41, 5.74) is 28.8. The lowest BCUT2D eigenvalue weighted by Crippen LogP contribution is -2.70. The standard InChI is InChI=1S/C31H58N12O10/c32-7-1-4-15(33)10-20(46)37-8-2-5-16(34)11-21(47)38-9-3-6-17(35)12-22(48)40-25-26(49)27(53-30(36)51)19(14-44)52-29(25)43-31-41-23-18(45)13-39-28(50)24(23)42-31/h15-19,23-27,29,44-45,49H,1-14,32-35H2,(H2,36,51)(H,37,46)(H,38,47)(H,39,50)(H,40,48)(H2,41,42,43)/t15?,16?,17?,18?,19-,23?,24?,25-,26+,27+,29-/m1/s1. The molecule has 19 N–H and O–H groups in total. The number of hydrogen-bond donors (Lipinski definition) is 14. The number of primary amides is 1. The van der Waals surface area contributed by atoms with Crippen molar-refractivity contribution < 1.29 is 48.8 Å². The van der Waals surface area contributed by atoms with E-state index in [1.165, 1.54) is 0 Å². The van der Waals surface area contributed by atoms with Gasteiger partial charge >= 0.3 is 6.09 Å². The third kappa shape index (κ3) is 14.1. The summed E-state index contributed by atoms with van der Waals surface area (Å²) in [7, 11) is 0. The van der Waals surface area contributed by atoms with Crippen LogP contribution in [0.3, 0.4) is 0 Å². The molecule has 3 aliphatic heterocycles. The second-order valence-corrected chi connectivity index (χ2v) is 13.6. The lowest BCUT2D eigenvalue weighted by Gasteiger charge is -2.44. The Morgan fingerprint density at radius 2 is 1.49 bits per heavy atom. The van der Waals surface area contributed by atoms with Gasteiger partial charge in [0.15, 0.2) is 24.3 Å². The van der Waals surface area contributed by atoms with Crippen LogP contribution in [0.4, 0.5) is 4.79 Å². The molecular weight excluding hydrogens is 700 g/mol. The highest BCUT2D eigenvalue weighted by molar-refractivity contribution is 5.92. The Bertz CT molecular complexity index is 1260. The maximum Gasteiger partial charge on any atom is 0.404 e. The van der Waals surface area contributed by atoms with E-state index in [0.717, 1.165) is 6.42 Å². The van der Waals surface area contributed by atoms with Crippen LogP contribution in [0.25, 0.3) is 0 Å². The average molecular weight is 759 g/mol. The summed E-state index contributed by atoms with van der Waals surface area (Å²) in [6, 6.07) is -4.24. The van der Waals surface area contributed by atoms with E-state index in [0.29, 0.717) is 51.7 Å². The molecule has 6 unspecified atom stereocenters. The second-order valence-electron chi connectivity index (χ2n) is 13.6. The second kappa shape index (κ2) is 21.7. The zero-order valence-corrected chi connectivity index (χ0v) is 29.8. The minimum Gasteiger partial charge on any atom is -0.441 e. The molecule has 3 heterocycles. The average Bonchev–Trinajstić information content (AvgIpc) is 3.53. The summed E-state index contributed by atoms with van der Waals surface area (Å²) in [5, 5.41) is 47.9. The number of amides is 5. The maximum atomic E-state index is 13.1. The molecule has 53 heavy (non-hydrogen) atoms. The van der Waals surface area contributed by atoms with Crippen LogP contribution < -0.4 is 60.6 Å². The van der Waals surface area contributed by atoms with Crippen LogP contribution >= 0.6 is 0 Å². The number of aliphatic hydroxyl groups excluding tert-OH is 3. The zero-order chi connectivity index (χ0) is 39.1. The lowest BCUT2D eigenvalue weighted by atomic mass is 9.95. The maximum absolute atomic E-state index is 13.1. The first kappa shape index (κ1) is 43.5. The molecule has 0 aromatic heterocycles. The molecule has 3 aliphatic rings. The highest BCUT2D eigenvalue weighted by Crippen LogP contribution is 2.24. The number of aliphatic hydroxyl groups is 3. The molecule has 5 amide bonds. The molecule has 22 heteroatoms. The summed E-state index contributed by atoms with van der Waals surface area (Å²) in [4.78, 5) is 65.5. The van der Waals surface area contributed by atoms with Gasteiger partial charge in [0.2, 0.25) is 23.6 Å². The van der Waals surface area contributed by atoms with Crippen molar-refractivity contribution in [3.63, 3.8) is 0 Å². The number of hydrogen-bond acceptors (Lipinski definition) is 17. The number of carbonyl (C=O) groups excluding carboxylic acids is 5. The van der Waals surface area contributed by atoms with Crippen LogP contribution in [0.15, 0.2) is 4.99 Å². The van der Waals surface area contributed by atoms with Gasteiger partial charge in [-0.3, -0.25) is 19.2 Å². The molecule has 0 saturated carbocycles. The summed E-state index contributed by atoms with van der Waals surface area (Å²) >= 11 is 0. The third-order valence-corrected chi connectivity index (χ3v) is 9.11. The fourth-order valence-corrected chi connectivity index (χ4v) is 6.31. The van der Waals surface area contributed by atoms with Crippen LogP contribution in [-0.4, -0.2) is 151 Å². The Labute approximate surface area is 307 Å². The number of rotatable bonds is 21. The number of ether oxygens (including phenoxy) is 2. The molecule has 11 atom stereocenters. The molecule has 3 rings (SSSR count). The number of aliphatic imine (C=N–C) groups is 1. The zero-order valence-electron chi connectivity index (χ0n) is 29.8. The molecule has 0 spiro atoms. The highest BCUT2D eigenvalue weighted by Gasteiger charge is 2.49. The molecule has 0 aromatic carbocycles. The summed E-state index contributed by atoms with van der Waals surface area (Å²) in [6.45, 7) is 0.570. The number of piperidine rings is 1. The normalized spacial score (nSPS) is 28.2. The fourth-order valence-electron chi connectivity index (χ4n) is 6.31. The Balaban J connectivity index is 1.42. The highest BCUT2D eigenvalue weighted by atomic mass is 16.6. The van der Waals surface area contributed by atoms with E-state index in [-0.39, 0.29) is 49.6 Å². The molecule has 0 aromatic rings. The van der Waals surface area contributed by atoms with Crippen molar-refractivity contribution in [2.75, 3.05) is 32.8 Å². The first-order valence-electron chi connectivity index (χ1n) is 18.0. The number of fused-ring (bicyclic) bond motifs is 1. The van der Waals surface area contributed by atoms with E-state index < -0.39 is 85.4 Å². The van der Waals surface area contributed by atoms with Crippen molar-refractivity contribution in [2.24, 2.45) is 33.7 Å². The molecule has 2 fully saturated rings. The molecule has 0 radical (unpaired) electrons. The van der Waals surface area contributed by atoms with Crippen LogP contribution in [0, 0.1) is 0 Å². The van der Waals surface area contributed by atoms with Gasteiger partial charge in [0.05, 0.1) is 18.8 Å². The number of nitrogens with zero attached hydrogens (tertiary/aromatic N) is 1. The molecule has 302 valence electrons. The predicted molar refractivity (Wildman–Crippen MR) is 189 cm³/mol. The molecule has 0 bridgehead atoms. The van der Waals surface area contributed by atoms with E-state index in [9.17, 15) is 39.3 Å². The van der Waals surface area contributed by atoms with Gasteiger partial charge in [-0.25, -0.2) is 9.79 Å². The van der Waals surface area contributed by atoms with E-state index in [2.05, 4.69) is 36.9 Å². The van der Waals surface area contributed by atoms with Gasteiger partial charge in [-0.2, -0.15) is 0 Å². The topological polar surface area (TPSA) is 379 Å². The minimum atomic E-state index is -1.62. The van der Waals surface area contributed by atoms with Crippen LogP contribution in [-0.2, 0) is 28.7 Å². The smallest absolute Gasteiger partial charge is 0.404 e. The Hall–Kier alpha value is -3.90. The van der Waals surface area contributed by atoms with Gasteiger partial charge < -0.3 is 85.4 Å². The van der Waals surface area contributed by atoms with Crippen molar-refractivity contribution in [1.29, 1.82) is 0 Å². The number of guanidine groups is 1. The third-order valence-electron chi connectivity index (χ3n) is 9.11. The van der Waals surface area contributed by atoms with Gasteiger partial charge in [0.1, 0.15) is 18.2 Å². The SMILES string of the molecule is NCCCC(N)CC(=O)NCCCC(N)CC(=O)NCCCC(N)CC(=O)N[C@@H]1[C@H](O)[C@@H](OC(N)=O)[C@@H](CO)O[C@H]1NC1=NC2C(=O)NCC(O)C2N1. The van der Waals surface area contributed by atoms with Gasteiger partial charge in [-0.1, -0.05) is 0 Å². The summed E-state index contributed by atoms with van der Waals surface area (Å²) in [6.07, 6.45) is -4.27. The number of carbonyl (C=O) groups is 5. The van der Waals surface area contributed by atoms with Crippen molar-refractivity contribution in [1.82, 2.24) is 31.9 Å². The monoisotopic (exact) mass is 758 g/mol. The fraction of sp³-hybridized carbons (Fsp3) is 0.806. The largest absolute Gasteiger partial charge is 0.441 e. The van der Waals surface area contributed by atoms with Crippen molar-refractivity contribution in [3.8, 4) is 0 Å².